The Kier molecular flexibility index (Phi) is 4.40. The number of benzene rings is 1. The Morgan fingerprint density at radius 2 is 2.00 bits per heavy atom. The summed E-state index contributed by atoms with van der Waals surface area (Å²) in [6.07, 6.45) is 0.848. The van der Waals surface area contributed by atoms with Crippen LogP contribution in [0.5, 0.6) is 5.75 Å². The van der Waals surface area contributed by atoms with Crippen molar-refractivity contribution in [3.05, 3.63) is 52.3 Å². The van der Waals surface area contributed by atoms with Crippen LogP contribution in [0.2, 0.25) is 0 Å². The van der Waals surface area contributed by atoms with Crippen LogP contribution in [-0.4, -0.2) is 42.6 Å². The highest BCUT2D eigenvalue weighted by Gasteiger charge is 2.29. The molecule has 3 rings (SSSR count). The minimum atomic E-state index is -0.606. The first-order chi connectivity index (χ1) is 11.5. The van der Waals surface area contributed by atoms with Crippen molar-refractivity contribution in [1.29, 1.82) is 0 Å². The van der Waals surface area contributed by atoms with Gasteiger partial charge in [-0.2, -0.15) is 0 Å². The highest BCUT2D eigenvalue weighted by atomic mass is 16.5. The smallest absolute Gasteiger partial charge is 0.255 e. The molecule has 2 aromatic rings. The molecule has 1 aliphatic rings. The molecule has 1 atom stereocenters. The van der Waals surface area contributed by atoms with Gasteiger partial charge in [0.25, 0.3) is 11.5 Å². The predicted molar refractivity (Wildman–Crippen MR) is 92.4 cm³/mol. The molecule has 0 aliphatic carbocycles. The predicted octanol–water partition coefficient (Wildman–Crippen LogP) is 1.50. The number of likely N-dealkylation sites (tertiary alicyclic amines) is 1. The summed E-state index contributed by atoms with van der Waals surface area (Å²) >= 11 is 0. The van der Waals surface area contributed by atoms with Gasteiger partial charge in [-0.15, -0.1) is 0 Å². The van der Waals surface area contributed by atoms with Gasteiger partial charge in [0.05, 0.1) is 18.8 Å². The van der Waals surface area contributed by atoms with E-state index < -0.39 is 5.91 Å². The number of carbonyl (C=O) groups excluding carboxylic acids is 1. The fraction of sp³-hybridized carbons (Fsp3) is 0.333. The third kappa shape index (κ3) is 2.80. The number of amides is 1. The lowest BCUT2D eigenvalue weighted by Crippen LogP contribution is -2.31. The molecular weight excluding hydrogens is 306 g/mol. The summed E-state index contributed by atoms with van der Waals surface area (Å²) < 4.78 is 6.96. The van der Waals surface area contributed by atoms with E-state index in [-0.39, 0.29) is 22.9 Å². The van der Waals surface area contributed by atoms with E-state index in [0.717, 1.165) is 25.1 Å². The number of methoxy groups -OCH3 is 1. The summed E-state index contributed by atoms with van der Waals surface area (Å²) in [5, 5.41) is 0. The van der Waals surface area contributed by atoms with Crippen molar-refractivity contribution in [2.75, 3.05) is 27.2 Å². The van der Waals surface area contributed by atoms with E-state index >= 15 is 0 Å². The number of hydrogen-bond donors (Lipinski definition) is 1. The summed E-state index contributed by atoms with van der Waals surface area (Å²) in [6.45, 7) is 1.66. The van der Waals surface area contributed by atoms with Gasteiger partial charge in [0.2, 0.25) is 0 Å². The van der Waals surface area contributed by atoms with E-state index in [2.05, 4.69) is 4.90 Å². The minimum Gasteiger partial charge on any atom is -0.496 e. The molecule has 24 heavy (non-hydrogen) atoms. The molecule has 6 nitrogen and oxygen atoms in total. The molecule has 1 aliphatic heterocycles. The van der Waals surface area contributed by atoms with Crippen LogP contribution < -0.4 is 16.0 Å². The highest BCUT2D eigenvalue weighted by molar-refractivity contribution is 6.01. The Morgan fingerprint density at radius 1 is 1.29 bits per heavy atom. The Labute approximate surface area is 140 Å². The molecule has 126 valence electrons. The number of aromatic nitrogens is 1. The van der Waals surface area contributed by atoms with Crippen molar-refractivity contribution in [2.45, 2.75) is 12.5 Å². The van der Waals surface area contributed by atoms with Gasteiger partial charge in [-0.3, -0.25) is 9.59 Å². The normalized spacial score (nSPS) is 17.8. The van der Waals surface area contributed by atoms with Crippen LogP contribution in [0.3, 0.4) is 0 Å². The van der Waals surface area contributed by atoms with Gasteiger partial charge >= 0.3 is 0 Å². The van der Waals surface area contributed by atoms with E-state index in [9.17, 15) is 9.59 Å². The zero-order valence-corrected chi connectivity index (χ0v) is 13.9. The van der Waals surface area contributed by atoms with E-state index in [0.29, 0.717) is 5.69 Å². The van der Waals surface area contributed by atoms with Gasteiger partial charge in [0.15, 0.2) is 0 Å². The SMILES string of the molecule is COc1cc(=O)n([C@@H]2CCN(C)C2)c(-c2ccccc2)c1C(N)=O. The monoisotopic (exact) mass is 327 g/mol. The number of hydrogen-bond acceptors (Lipinski definition) is 4. The fourth-order valence-corrected chi connectivity index (χ4v) is 3.36. The number of pyridine rings is 1. The lowest BCUT2D eigenvalue weighted by molar-refractivity contribution is 0.0997. The Bertz CT molecular complexity index is 814. The molecule has 0 spiro atoms. The third-order valence-electron chi connectivity index (χ3n) is 4.46. The Hall–Kier alpha value is -2.60. The van der Waals surface area contributed by atoms with Crippen molar-refractivity contribution >= 4 is 5.91 Å². The van der Waals surface area contributed by atoms with Crippen LogP contribution in [0.25, 0.3) is 11.3 Å². The number of ether oxygens (including phenoxy) is 1. The zero-order valence-electron chi connectivity index (χ0n) is 13.9. The Morgan fingerprint density at radius 3 is 2.54 bits per heavy atom. The zero-order chi connectivity index (χ0) is 17.3. The second-order valence-corrected chi connectivity index (χ2v) is 6.08. The second kappa shape index (κ2) is 6.49. The van der Waals surface area contributed by atoms with Crippen molar-refractivity contribution in [3.8, 4) is 17.0 Å². The number of rotatable bonds is 4. The van der Waals surface area contributed by atoms with Crippen LogP contribution in [0.15, 0.2) is 41.2 Å². The molecule has 0 unspecified atom stereocenters. The Balaban J connectivity index is 2.34. The van der Waals surface area contributed by atoms with Crippen molar-refractivity contribution in [2.24, 2.45) is 5.73 Å². The van der Waals surface area contributed by atoms with Gasteiger partial charge in [-0.1, -0.05) is 30.3 Å². The molecule has 1 aromatic heterocycles. The molecule has 0 radical (unpaired) electrons. The van der Waals surface area contributed by atoms with Crippen LogP contribution in [0, 0.1) is 0 Å². The third-order valence-corrected chi connectivity index (χ3v) is 4.46. The van der Waals surface area contributed by atoms with Gasteiger partial charge < -0.3 is 19.9 Å². The largest absolute Gasteiger partial charge is 0.496 e. The van der Waals surface area contributed by atoms with E-state index in [4.69, 9.17) is 10.5 Å². The summed E-state index contributed by atoms with van der Waals surface area (Å²) in [7, 11) is 3.45. The van der Waals surface area contributed by atoms with Crippen LogP contribution in [-0.2, 0) is 0 Å². The van der Waals surface area contributed by atoms with Crippen molar-refractivity contribution < 1.29 is 9.53 Å². The molecule has 1 fully saturated rings. The quantitative estimate of drug-likeness (QED) is 0.923. The van der Waals surface area contributed by atoms with Gasteiger partial charge in [-0.05, 0) is 25.6 Å². The lowest BCUT2D eigenvalue weighted by atomic mass is 10.0. The first-order valence-electron chi connectivity index (χ1n) is 7.90. The second-order valence-electron chi connectivity index (χ2n) is 6.08. The van der Waals surface area contributed by atoms with E-state index in [1.165, 1.54) is 13.2 Å². The fourth-order valence-electron chi connectivity index (χ4n) is 3.36. The lowest BCUT2D eigenvalue weighted by Gasteiger charge is -2.22. The average molecular weight is 327 g/mol. The number of carbonyl (C=O) groups is 1. The molecule has 1 saturated heterocycles. The topological polar surface area (TPSA) is 77.6 Å². The maximum absolute atomic E-state index is 12.8. The molecule has 0 bridgehead atoms. The number of likely N-dealkylation sites (N-methyl/N-ethyl adjacent to an activating group) is 1. The van der Waals surface area contributed by atoms with Crippen LogP contribution in [0.1, 0.15) is 22.8 Å². The molecular formula is C18H21N3O3. The molecule has 1 amide bonds. The molecule has 2 heterocycles. The maximum atomic E-state index is 12.8. The molecule has 0 saturated carbocycles. The molecule has 6 heteroatoms. The number of nitrogens with zero attached hydrogens (tertiary/aromatic N) is 2. The summed E-state index contributed by atoms with van der Waals surface area (Å²) in [6, 6.07) is 10.7. The van der Waals surface area contributed by atoms with E-state index in [1.54, 1.807) is 4.57 Å². The van der Waals surface area contributed by atoms with Gasteiger partial charge in [0.1, 0.15) is 11.3 Å². The van der Waals surface area contributed by atoms with Crippen LogP contribution in [0.4, 0.5) is 0 Å². The maximum Gasteiger partial charge on any atom is 0.255 e. The summed E-state index contributed by atoms with van der Waals surface area (Å²) in [5.74, 6) is -0.389. The van der Waals surface area contributed by atoms with E-state index in [1.807, 2.05) is 37.4 Å². The van der Waals surface area contributed by atoms with Crippen molar-refractivity contribution in [1.82, 2.24) is 9.47 Å². The summed E-state index contributed by atoms with van der Waals surface area (Å²) in [5.41, 5.74) is 7.00. The standard InChI is InChI=1S/C18H21N3O3/c1-20-9-8-13(11-20)21-15(22)10-14(24-2)16(18(19)23)17(21)12-6-4-3-5-7-12/h3-7,10,13H,8-9,11H2,1-2H3,(H2,19,23)/t13-/m1/s1. The highest BCUT2D eigenvalue weighted by Crippen LogP contribution is 2.33. The number of nitrogens with two attached hydrogens (primary N) is 1. The van der Waals surface area contributed by atoms with Crippen molar-refractivity contribution in [3.63, 3.8) is 0 Å². The first kappa shape index (κ1) is 16.3. The molecule has 1 aromatic carbocycles. The van der Waals surface area contributed by atoms with Gasteiger partial charge in [0, 0.05) is 12.6 Å². The first-order valence-corrected chi connectivity index (χ1v) is 7.90. The summed E-state index contributed by atoms with van der Waals surface area (Å²) in [4.78, 5) is 27.1. The van der Waals surface area contributed by atoms with Crippen LogP contribution >= 0.6 is 0 Å². The molecule has 2 N–H and O–H groups in total. The van der Waals surface area contributed by atoms with Gasteiger partial charge in [-0.25, -0.2) is 0 Å². The minimum absolute atomic E-state index is 0.00159. The average Bonchev–Trinajstić information content (AvgIpc) is 3.00. The number of primary amides is 1.